The molecule has 24 heavy (non-hydrogen) atoms. The van der Waals surface area contributed by atoms with E-state index < -0.39 is 35.6 Å². The van der Waals surface area contributed by atoms with E-state index in [0.717, 1.165) is 0 Å². The van der Waals surface area contributed by atoms with Gasteiger partial charge in [0.15, 0.2) is 6.23 Å². The molecule has 0 spiro atoms. The van der Waals surface area contributed by atoms with E-state index in [0.29, 0.717) is 0 Å². The second kappa shape index (κ2) is 7.27. The molecule has 1 fully saturated rings. The number of amides is 2. The maximum Gasteiger partial charge on any atom is 0.413 e. The quantitative estimate of drug-likeness (QED) is 0.536. The third-order valence-electron chi connectivity index (χ3n) is 2.92. The molecular formula is C16H28N2O6. The van der Waals surface area contributed by atoms with Crippen LogP contribution < -0.4 is 0 Å². The Morgan fingerprint density at radius 1 is 0.875 bits per heavy atom. The predicted molar refractivity (Wildman–Crippen MR) is 86.3 cm³/mol. The second-order valence-corrected chi connectivity index (χ2v) is 7.66. The summed E-state index contributed by atoms with van der Waals surface area (Å²) in [6, 6.07) is 0. The van der Waals surface area contributed by atoms with Gasteiger partial charge in [-0.15, -0.1) is 0 Å². The first-order chi connectivity index (χ1) is 10.8. The smallest absolute Gasteiger partial charge is 0.413 e. The molecule has 0 aromatic heterocycles. The van der Waals surface area contributed by atoms with Gasteiger partial charge in [0.2, 0.25) is 0 Å². The molecule has 0 aromatic rings. The fraction of sp³-hybridized carbons (Fsp3) is 0.812. The summed E-state index contributed by atoms with van der Waals surface area (Å²) in [6.45, 7) is 12.3. The second-order valence-electron chi connectivity index (χ2n) is 7.66. The van der Waals surface area contributed by atoms with E-state index in [2.05, 4.69) is 0 Å². The lowest BCUT2D eigenvalue weighted by Crippen LogP contribution is -2.59. The summed E-state index contributed by atoms with van der Waals surface area (Å²) in [6.07, 6.45) is -2.00. The Kier molecular flexibility index (Phi) is 6.08. The summed E-state index contributed by atoms with van der Waals surface area (Å²) < 4.78 is 15.8. The lowest BCUT2D eigenvalue weighted by atomic mass is 10.2. The van der Waals surface area contributed by atoms with Crippen molar-refractivity contribution in [3.05, 3.63) is 0 Å². The standard InChI is InChI=1S/C16H28N2O6/c1-11(19)22-12-10-17(13(20)23-15(2,3)4)8-9-18(12)14(21)24-16(5,6)7/h12H,8-10H2,1-7H3/t12-/m1/s1. The largest absolute Gasteiger partial charge is 0.444 e. The molecule has 1 aliphatic rings. The highest BCUT2D eigenvalue weighted by Gasteiger charge is 2.38. The van der Waals surface area contributed by atoms with Crippen LogP contribution in [0.4, 0.5) is 9.59 Å². The lowest BCUT2D eigenvalue weighted by Gasteiger charge is -2.40. The van der Waals surface area contributed by atoms with Crippen LogP contribution in [-0.4, -0.2) is 65.0 Å². The van der Waals surface area contributed by atoms with Gasteiger partial charge in [-0.3, -0.25) is 9.69 Å². The molecule has 0 bridgehead atoms. The maximum absolute atomic E-state index is 12.3. The topological polar surface area (TPSA) is 85.4 Å². The van der Waals surface area contributed by atoms with Crippen LogP contribution in [-0.2, 0) is 19.0 Å². The Morgan fingerprint density at radius 2 is 1.38 bits per heavy atom. The number of carbonyl (C=O) groups excluding carboxylic acids is 3. The molecular weight excluding hydrogens is 316 g/mol. The van der Waals surface area contributed by atoms with E-state index in [1.807, 2.05) is 0 Å². The van der Waals surface area contributed by atoms with Crippen molar-refractivity contribution in [2.24, 2.45) is 0 Å². The third-order valence-corrected chi connectivity index (χ3v) is 2.92. The van der Waals surface area contributed by atoms with Crippen LogP contribution in [0.2, 0.25) is 0 Å². The van der Waals surface area contributed by atoms with Gasteiger partial charge in [0.1, 0.15) is 11.2 Å². The first kappa shape index (κ1) is 20.1. The Hall–Kier alpha value is -1.99. The zero-order chi connectivity index (χ0) is 18.7. The van der Waals surface area contributed by atoms with Crippen molar-refractivity contribution in [3.63, 3.8) is 0 Å². The van der Waals surface area contributed by atoms with Crippen LogP contribution in [0, 0.1) is 0 Å². The molecule has 0 aromatic carbocycles. The van der Waals surface area contributed by atoms with Crippen molar-refractivity contribution in [1.82, 2.24) is 9.80 Å². The molecule has 0 N–H and O–H groups in total. The highest BCUT2D eigenvalue weighted by Crippen LogP contribution is 2.19. The lowest BCUT2D eigenvalue weighted by molar-refractivity contribution is -0.160. The Bertz CT molecular complexity index is 492. The SMILES string of the molecule is CC(=O)O[C@@H]1CN(C(=O)OC(C)(C)C)CCN1C(=O)OC(C)(C)C. The average molecular weight is 344 g/mol. The molecule has 1 saturated heterocycles. The van der Waals surface area contributed by atoms with Gasteiger partial charge in [0.25, 0.3) is 0 Å². The minimum Gasteiger partial charge on any atom is -0.444 e. The maximum atomic E-state index is 12.3. The molecule has 0 aliphatic carbocycles. The van der Waals surface area contributed by atoms with Gasteiger partial charge in [0, 0.05) is 20.0 Å². The van der Waals surface area contributed by atoms with Crippen molar-refractivity contribution >= 4 is 18.2 Å². The van der Waals surface area contributed by atoms with Gasteiger partial charge in [-0.25, -0.2) is 9.59 Å². The summed E-state index contributed by atoms with van der Waals surface area (Å²) in [4.78, 5) is 38.5. The van der Waals surface area contributed by atoms with Crippen LogP contribution >= 0.6 is 0 Å². The summed E-state index contributed by atoms with van der Waals surface area (Å²) in [5.74, 6) is -0.542. The minimum atomic E-state index is -0.904. The summed E-state index contributed by atoms with van der Waals surface area (Å²) in [5, 5.41) is 0. The first-order valence-electron chi connectivity index (χ1n) is 7.93. The normalized spacial score (nSPS) is 18.9. The number of carbonyl (C=O) groups is 3. The molecule has 8 heteroatoms. The fourth-order valence-electron chi connectivity index (χ4n) is 2.06. The van der Waals surface area contributed by atoms with E-state index >= 15 is 0 Å². The van der Waals surface area contributed by atoms with E-state index in [-0.39, 0.29) is 19.6 Å². The van der Waals surface area contributed by atoms with Gasteiger partial charge in [-0.05, 0) is 41.5 Å². The molecule has 8 nitrogen and oxygen atoms in total. The van der Waals surface area contributed by atoms with Gasteiger partial charge < -0.3 is 19.1 Å². The Morgan fingerprint density at radius 3 is 1.83 bits per heavy atom. The van der Waals surface area contributed by atoms with E-state index in [4.69, 9.17) is 14.2 Å². The van der Waals surface area contributed by atoms with E-state index in [9.17, 15) is 14.4 Å². The highest BCUT2D eigenvalue weighted by molar-refractivity contribution is 5.72. The number of ether oxygens (including phenoxy) is 3. The van der Waals surface area contributed by atoms with Crippen molar-refractivity contribution in [1.29, 1.82) is 0 Å². The van der Waals surface area contributed by atoms with Crippen LogP contribution in [0.25, 0.3) is 0 Å². The zero-order valence-electron chi connectivity index (χ0n) is 15.5. The monoisotopic (exact) mass is 344 g/mol. The number of hydrogen-bond acceptors (Lipinski definition) is 6. The number of rotatable bonds is 1. The molecule has 1 rings (SSSR count). The Labute approximate surface area is 143 Å². The zero-order valence-corrected chi connectivity index (χ0v) is 15.5. The molecule has 0 radical (unpaired) electrons. The van der Waals surface area contributed by atoms with Crippen LogP contribution in [0.3, 0.4) is 0 Å². The highest BCUT2D eigenvalue weighted by atomic mass is 16.6. The molecule has 1 heterocycles. The van der Waals surface area contributed by atoms with Crippen molar-refractivity contribution in [3.8, 4) is 0 Å². The van der Waals surface area contributed by atoms with Crippen molar-refractivity contribution in [2.45, 2.75) is 65.9 Å². The molecule has 0 unspecified atom stereocenters. The van der Waals surface area contributed by atoms with E-state index in [1.165, 1.54) is 16.7 Å². The number of esters is 1. The third kappa shape index (κ3) is 6.64. The van der Waals surface area contributed by atoms with Gasteiger partial charge >= 0.3 is 18.2 Å². The predicted octanol–water partition coefficient (Wildman–Crippen LogP) is 2.36. The number of nitrogens with zero attached hydrogens (tertiary/aromatic N) is 2. The molecule has 2 amide bonds. The van der Waals surface area contributed by atoms with Crippen LogP contribution in [0.1, 0.15) is 48.5 Å². The minimum absolute atomic E-state index is 0.0355. The van der Waals surface area contributed by atoms with Crippen molar-refractivity contribution in [2.75, 3.05) is 19.6 Å². The summed E-state index contributed by atoms with van der Waals surface area (Å²) in [5.41, 5.74) is -1.30. The van der Waals surface area contributed by atoms with Crippen LogP contribution in [0.15, 0.2) is 0 Å². The molecule has 1 aliphatic heterocycles. The first-order valence-corrected chi connectivity index (χ1v) is 7.93. The fourth-order valence-corrected chi connectivity index (χ4v) is 2.06. The molecule has 0 saturated carbocycles. The van der Waals surface area contributed by atoms with Gasteiger partial charge in [-0.1, -0.05) is 0 Å². The van der Waals surface area contributed by atoms with Gasteiger partial charge in [0.05, 0.1) is 6.54 Å². The Balaban J connectivity index is 2.82. The average Bonchev–Trinajstić information content (AvgIpc) is 2.33. The molecule has 1 atom stereocenters. The van der Waals surface area contributed by atoms with Gasteiger partial charge in [-0.2, -0.15) is 0 Å². The molecule has 138 valence electrons. The number of piperazine rings is 1. The van der Waals surface area contributed by atoms with Crippen LogP contribution in [0.5, 0.6) is 0 Å². The summed E-state index contributed by atoms with van der Waals surface area (Å²) in [7, 11) is 0. The van der Waals surface area contributed by atoms with E-state index in [1.54, 1.807) is 41.5 Å². The summed E-state index contributed by atoms with van der Waals surface area (Å²) >= 11 is 0. The van der Waals surface area contributed by atoms with Crippen molar-refractivity contribution < 1.29 is 28.6 Å². The number of hydrogen-bond donors (Lipinski definition) is 0.